The molecule has 0 saturated carbocycles. The van der Waals surface area contributed by atoms with Gasteiger partial charge < -0.3 is 15.5 Å². The molecule has 2 rings (SSSR count). The average molecular weight is 552 g/mol. The van der Waals surface area contributed by atoms with Gasteiger partial charge in [-0.2, -0.15) is 18.3 Å². The highest BCUT2D eigenvalue weighted by molar-refractivity contribution is 14.0. The number of nitrogens with zero attached hydrogens (tertiary/aromatic N) is 4. The minimum atomic E-state index is -4.32. The first kappa shape index (κ1) is 27.2. The molecule has 174 valence electrons. The van der Waals surface area contributed by atoms with Gasteiger partial charge in [-0.05, 0) is 38.1 Å². The van der Waals surface area contributed by atoms with E-state index in [4.69, 9.17) is 0 Å². The molecule has 0 aliphatic rings. The SMILES string of the molecule is CN=C(NCCC(C)c1cccc(C(F)(F)F)c1)NCC(c1cnn(C)c1)N(C)C.I. The van der Waals surface area contributed by atoms with Gasteiger partial charge in [0.05, 0.1) is 17.8 Å². The van der Waals surface area contributed by atoms with E-state index < -0.39 is 11.7 Å². The van der Waals surface area contributed by atoms with Gasteiger partial charge in [-0.1, -0.05) is 25.1 Å². The lowest BCUT2D eigenvalue weighted by Gasteiger charge is -2.24. The highest BCUT2D eigenvalue weighted by Gasteiger charge is 2.30. The number of aliphatic imine (C=N–C) groups is 1. The molecule has 31 heavy (non-hydrogen) atoms. The molecule has 2 unspecified atom stereocenters. The second-order valence-electron chi connectivity index (χ2n) is 7.62. The van der Waals surface area contributed by atoms with E-state index in [1.807, 2.05) is 40.5 Å². The largest absolute Gasteiger partial charge is 0.416 e. The number of aromatic nitrogens is 2. The van der Waals surface area contributed by atoms with Crippen LogP contribution in [0.15, 0.2) is 41.7 Å². The molecule has 0 spiro atoms. The molecule has 2 N–H and O–H groups in total. The Balaban J connectivity index is 0.00000480. The van der Waals surface area contributed by atoms with Crippen LogP contribution in [0.3, 0.4) is 0 Å². The number of aryl methyl sites for hydroxylation is 1. The number of hydrogen-bond acceptors (Lipinski definition) is 3. The summed E-state index contributed by atoms with van der Waals surface area (Å²) in [7, 11) is 7.59. The Labute approximate surface area is 199 Å². The van der Waals surface area contributed by atoms with Crippen molar-refractivity contribution in [2.75, 3.05) is 34.2 Å². The molecule has 1 heterocycles. The third-order valence-electron chi connectivity index (χ3n) is 5.07. The molecule has 2 atom stereocenters. The summed E-state index contributed by atoms with van der Waals surface area (Å²) >= 11 is 0. The summed E-state index contributed by atoms with van der Waals surface area (Å²) in [6.45, 7) is 3.16. The zero-order valence-electron chi connectivity index (χ0n) is 18.6. The third-order valence-corrected chi connectivity index (χ3v) is 5.07. The standard InChI is InChI=1S/C21H31F3N6.HI/c1-15(16-7-6-8-18(11-16)21(22,23)24)9-10-26-20(25-2)27-13-19(29(3)4)17-12-28-30(5)14-17;/h6-8,11-12,14-15,19H,9-10,13H2,1-5H3,(H2,25,26,27);1H. The molecule has 0 radical (unpaired) electrons. The minimum absolute atomic E-state index is 0. The minimum Gasteiger partial charge on any atom is -0.356 e. The summed E-state index contributed by atoms with van der Waals surface area (Å²) in [5.74, 6) is 0.643. The second-order valence-corrected chi connectivity index (χ2v) is 7.62. The van der Waals surface area contributed by atoms with Crippen LogP contribution >= 0.6 is 24.0 Å². The fourth-order valence-corrected chi connectivity index (χ4v) is 3.22. The molecule has 10 heteroatoms. The topological polar surface area (TPSA) is 57.5 Å². The highest BCUT2D eigenvalue weighted by atomic mass is 127. The predicted molar refractivity (Wildman–Crippen MR) is 129 cm³/mol. The predicted octanol–water partition coefficient (Wildman–Crippen LogP) is 4.02. The smallest absolute Gasteiger partial charge is 0.356 e. The van der Waals surface area contributed by atoms with Crippen molar-refractivity contribution in [2.45, 2.75) is 31.5 Å². The quantitative estimate of drug-likeness (QED) is 0.295. The van der Waals surface area contributed by atoms with E-state index in [2.05, 4.69) is 25.6 Å². The number of halogens is 4. The van der Waals surface area contributed by atoms with Gasteiger partial charge in [0, 0.05) is 38.9 Å². The maximum absolute atomic E-state index is 12.9. The maximum atomic E-state index is 12.9. The number of guanidine groups is 1. The first-order valence-electron chi connectivity index (χ1n) is 9.88. The summed E-state index contributed by atoms with van der Waals surface area (Å²) in [5, 5.41) is 10.8. The molecular formula is C21H32F3IN6. The molecule has 0 saturated heterocycles. The number of likely N-dealkylation sites (N-methyl/N-ethyl adjacent to an activating group) is 1. The average Bonchev–Trinajstić information content (AvgIpc) is 3.11. The molecule has 1 aromatic carbocycles. The number of alkyl halides is 3. The van der Waals surface area contributed by atoms with Gasteiger partial charge in [0.15, 0.2) is 5.96 Å². The lowest BCUT2D eigenvalue weighted by atomic mass is 9.96. The Morgan fingerprint density at radius 1 is 1.23 bits per heavy atom. The Bertz CT molecular complexity index is 835. The third kappa shape index (κ3) is 8.32. The van der Waals surface area contributed by atoms with Gasteiger partial charge in [0.1, 0.15) is 0 Å². The van der Waals surface area contributed by atoms with Crippen molar-refractivity contribution in [3.05, 3.63) is 53.3 Å². The molecule has 2 aromatic rings. The van der Waals surface area contributed by atoms with Crippen LogP contribution in [0.1, 0.15) is 42.0 Å². The van der Waals surface area contributed by atoms with E-state index in [0.717, 1.165) is 11.6 Å². The van der Waals surface area contributed by atoms with Crippen molar-refractivity contribution in [3.8, 4) is 0 Å². The van der Waals surface area contributed by atoms with E-state index >= 15 is 0 Å². The highest BCUT2D eigenvalue weighted by Crippen LogP contribution is 2.31. The van der Waals surface area contributed by atoms with Crippen LogP contribution in [0.5, 0.6) is 0 Å². The van der Waals surface area contributed by atoms with Gasteiger partial charge >= 0.3 is 6.18 Å². The molecule has 0 aliphatic heterocycles. The van der Waals surface area contributed by atoms with Crippen LogP contribution < -0.4 is 10.6 Å². The van der Waals surface area contributed by atoms with Crippen molar-refractivity contribution >= 4 is 29.9 Å². The van der Waals surface area contributed by atoms with Gasteiger partial charge in [-0.3, -0.25) is 9.67 Å². The fourth-order valence-electron chi connectivity index (χ4n) is 3.22. The van der Waals surface area contributed by atoms with Gasteiger partial charge in [-0.15, -0.1) is 24.0 Å². The van der Waals surface area contributed by atoms with Gasteiger partial charge in [0.2, 0.25) is 0 Å². The Hall–Kier alpha value is -1.82. The van der Waals surface area contributed by atoms with Gasteiger partial charge in [0.25, 0.3) is 0 Å². The van der Waals surface area contributed by atoms with Crippen LogP contribution in [0.2, 0.25) is 0 Å². The monoisotopic (exact) mass is 552 g/mol. The Morgan fingerprint density at radius 3 is 2.48 bits per heavy atom. The molecule has 0 fully saturated rings. The number of rotatable bonds is 8. The zero-order chi connectivity index (χ0) is 22.3. The lowest BCUT2D eigenvalue weighted by Crippen LogP contribution is -2.42. The number of hydrogen-bond donors (Lipinski definition) is 2. The van der Waals surface area contributed by atoms with E-state index in [9.17, 15) is 13.2 Å². The molecule has 1 aromatic heterocycles. The summed E-state index contributed by atoms with van der Waals surface area (Å²) < 4.78 is 40.5. The van der Waals surface area contributed by atoms with Gasteiger partial charge in [-0.25, -0.2) is 0 Å². The molecule has 0 aliphatic carbocycles. The molecule has 0 bridgehead atoms. The number of nitrogens with one attached hydrogen (secondary N) is 2. The maximum Gasteiger partial charge on any atom is 0.416 e. The Kier molecular flexibility index (Phi) is 10.8. The van der Waals surface area contributed by atoms with Crippen LogP contribution in [0.4, 0.5) is 13.2 Å². The fraction of sp³-hybridized carbons (Fsp3) is 0.524. The second kappa shape index (κ2) is 12.3. The van der Waals surface area contributed by atoms with E-state index in [-0.39, 0.29) is 35.9 Å². The van der Waals surface area contributed by atoms with E-state index in [1.54, 1.807) is 17.8 Å². The van der Waals surface area contributed by atoms with Crippen molar-refractivity contribution < 1.29 is 13.2 Å². The van der Waals surface area contributed by atoms with Crippen molar-refractivity contribution in [2.24, 2.45) is 12.0 Å². The summed E-state index contributed by atoms with van der Waals surface area (Å²) in [6.07, 6.45) is 0.192. The summed E-state index contributed by atoms with van der Waals surface area (Å²) in [4.78, 5) is 6.34. The number of benzene rings is 1. The zero-order valence-corrected chi connectivity index (χ0v) is 20.9. The summed E-state index contributed by atoms with van der Waals surface area (Å²) in [5.41, 5.74) is 1.17. The van der Waals surface area contributed by atoms with Crippen molar-refractivity contribution in [1.29, 1.82) is 0 Å². The molecule has 6 nitrogen and oxygen atoms in total. The van der Waals surface area contributed by atoms with Crippen molar-refractivity contribution in [3.63, 3.8) is 0 Å². The lowest BCUT2D eigenvalue weighted by molar-refractivity contribution is -0.137. The molecular weight excluding hydrogens is 520 g/mol. The van der Waals surface area contributed by atoms with Crippen molar-refractivity contribution in [1.82, 2.24) is 25.3 Å². The van der Waals surface area contributed by atoms with E-state index in [0.29, 0.717) is 31.0 Å². The summed E-state index contributed by atoms with van der Waals surface area (Å²) in [6, 6.07) is 5.66. The molecule has 0 amide bonds. The van der Waals surface area contributed by atoms with Crippen LogP contribution in [0.25, 0.3) is 0 Å². The van der Waals surface area contributed by atoms with E-state index in [1.165, 1.54) is 12.1 Å². The first-order valence-corrected chi connectivity index (χ1v) is 9.88. The van der Waals surface area contributed by atoms with Crippen LogP contribution in [-0.4, -0.2) is 54.9 Å². The van der Waals surface area contributed by atoms with Crippen LogP contribution in [-0.2, 0) is 13.2 Å². The van der Waals surface area contributed by atoms with Crippen LogP contribution in [0, 0.1) is 0 Å². The normalized spacial score (nSPS) is 14.2. The first-order chi connectivity index (χ1) is 14.1. The Morgan fingerprint density at radius 2 is 1.94 bits per heavy atom.